The van der Waals surface area contributed by atoms with Crippen molar-refractivity contribution in [3.63, 3.8) is 0 Å². The number of ketones is 1. The predicted molar refractivity (Wildman–Crippen MR) is 140 cm³/mol. The molecule has 3 aromatic carbocycles. The lowest BCUT2D eigenvalue weighted by molar-refractivity contribution is 0.102. The summed E-state index contributed by atoms with van der Waals surface area (Å²) in [5.74, 6) is 1.99. The van der Waals surface area contributed by atoms with Crippen LogP contribution in [-0.4, -0.2) is 37.9 Å². The van der Waals surface area contributed by atoms with Gasteiger partial charge in [-0.15, -0.1) is 22.0 Å². The van der Waals surface area contributed by atoms with Crippen LogP contribution in [0.15, 0.2) is 92.3 Å². The standard InChI is InChI=1S/C26H18N4O3S2/c31-22(17-7-2-1-3-8-17)14-34-15-23-27-28-26-30(23)29-21(13-35-26)20-12-18-11-10-16-6-4-5-9-19(16)24(18)33-25(20)32/h1-12H,13-15H2. The molecule has 0 atom stereocenters. The maximum Gasteiger partial charge on any atom is 0.345 e. The van der Waals surface area contributed by atoms with Gasteiger partial charge in [0.25, 0.3) is 0 Å². The van der Waals surface area contributed by atoms with Gasteiger partial charge in [0.15, 0.2) is 11.6 Å². The van der Waals surface area contributed by atoms with Gasteiger partial charge in [0.1, 0.15) is 5.58 Å². The zero-order valence-electron chi connectivity index (χ0n) is 18.4. The summed E-state index contributed by atoms with van der Waals surface area (Å²) in [6.45, 7) is 0. The highest BCUT2D eigenvalue weighted by Gasteiger charge is 2.23. The van der Waals surface area contributed by atoms with Crippen LogP contribution in [0, 0.1) is 0 Å². The average molecular weight is 499 g/mol. The summed E-state index contributed by atoms with van der Waals surface area (Å²) in [5, 5.41) is 16.6. The molecule has 3 heterocycles. The van der Waals surface area contributed by atoms with E-state index in [0.29, 0.717) is 50.7 Å². The molecule has 0 bridgehead atoms. The predicted octanol–water partition coefficient (Wildman–Crippen LogP) is 5.01. The first-order valence-electron chi connectivity index (χ1n) is 10.9. The number of aromatic nitrogens is 3. The van der Waals surface area contributed by atoms with Crippen molar-refractivity contribution in [3.05, 3.63) is 100 Å². The molecule has 2 aromatic heterocycles. The molecule has 1 aliphatic heterocycles. The summed E-state index contributed by atoms with van der Waals surface area (Å²) < 4.78 is 7.42. The number of hydrogen-bond donors (Lipinski definition) is 0. The molecule has 0 radical (unpaired) electrons. The van der Waals surface area contributed by atoms with Gasteiger partial charge in [-0.05, 0) is 11.5 Å². The lowest BCUT2D eigenvalue weighted by Crippen LogP contribution is -2.21. The molecule has 7 nitrogen and oxygen atoms in total. The number of thioether (sulfide) groups is 2. The van der Waals surface area contributed by atoms with Crippen LogP contribution >= 0.6 is 23.5 Å². The molecule has 0 spiro atoms. The summed E-state index contributed by atoms with van der Waals surface area (Å²) in [6.07, 6.45) is 0. The lowest BCUT2D eigenvalue weighted by atomic mass is 10.1. The molecular formula is C26H18N4O3S2. The van der Waals surface area contributed by atoms with Crippen LogP contribution in [0.2, 0.25) is 0 Å². The fraction of sp³-hybridized carbons (Fsp3) is 0.115. The zero-order valence-corrected chi connectivity index (χ0v) is 20.0. The lowest BCUT2D eigenvalue weighted by Gasteiger charge is -2.13. The third-order valence-corrected chi connectivity index (χ3v) is 7.59. The molecule has 5 aromatic rings. The van der Waals surface area contributed by atoms with Gasteiger partial charge in [0.05, 0.1) is 22.8 Å². The number of benzene rings is 3. The Labute approximate surface area is 208 Å². The van der Waals surface area contributed by atoms with Gasteiger partial charge in [-0.3, -0.25) is 4.79 Å². The van der Waals surface area contributed by atoms with Gasteiger partial charge in [0, 0.05) is 22.1 Å². The molecule has 0 amide bonds. The first-order valence-corrected chi connectivity index (χ1v) is 13.1. The minimum atomic E-state index is -0.422. The molecule has 1 aliphatic rings. The molecule has 0 saturated heterocycles. The van der Waals surface area contributed by atoms with E-state index in [1.165, 1.54) is 23.5 Å². The summed E-state index contributed by atoms with van der Waals surface area (Å²) in [5.41, 5.74) is 1.88. The van der Waals surface area contributed by atoms with Crippen LogP contribution < -0.4 is 5.63 Å². The van der Waals surface area contributed by atoms with Crippen molar-refractivity contribution in [3.8, 4) is 0 Å². The van der Waals surface area contributed by atoms with Crippen molar-refractivity contribution >= 4 is 56.8 Å². The number of rotatable bonds is 6. The van der Waals surface area contributed by atoms with Gasteiger partial charge < -0.3 is 4.42 Å². The Kier molecular flexibility index (Phi) is 5.71. The highest BCUT2D eigenvalue weighted by Crippen LogP contribution is 2.28. The number of Topliss-reactive ketones (excluding diaryl/α,β-unsaturated/α-hetero) is 1. The molecule has 0 fully saturated rings. The Bertz CT molecular complexity index is 1680. The van der Waals surface area contributed by atoms with Crippen LogP contribution in [0.4, 0.5) is 0 Å². The van der Waals surface area contributed by atoms with E-state index in [2.05, 4.69) is 10.2 Å². The molecular weight excluding hydrogens is 480 g/mol. The Morgan fingerprint density at radius 1 is 1.00 bits per heavy atom. The van der Waals surface area contributed by atoms with Crippen LogP contribution in [0.3, 0.4) is 0 Å². The largest absolute Gasteiger partial charge is 0.422 e. The molecule has 6 rings (SSSR count). The van der Waals surface area contributed by atoms with E-state index >= 15 is 0 Å². The maximum absolute atomic E-state index is 13.0. The molecule has 0 N–H and O–H groups in total. The molecule has 0 aliphatic carbocycles. The second-order valence-electron chi connectivity index (χ2n) is 7.98. The second-order valence-corrected chi connectivity index (χ2v) is 9.91. The van der Waals surface area contributed by atoms with E-state index in [9.17, 15) is 9.59 Å². The van der Waals surface area contributed by atoms with E-state index in [-0.39, 0.29) is 5.78 Å². The SMILES string of the molecule is O=C(CSCc1nnc2n1N=C(c1cc3ccc4ccccc4c3oc1=O)CS2)c1ccccc1. The molecule has 35 heavy (non-hydrogen) atoms. The number of fused-ring (bicyclic) bond motifs is 4. The van der Waals surface area contributed by atoms with Gasteiger partial charge in [-0.25, -0.2) is 4.79 Å². The van der Waals surface area contributed by atoms with E-state index in [4.69, 9.17) is 9.52 Å². The Balaban J connectivity index is 1.27. The minimum absolute atomic E-state index is 0.0637. The second kappa shape index (κ2) is 9.16. The maximum atomic E-state index is 13.0. The summed E-state index contributed by atoms with van der Waals surface area (Å²) in [7, 11) is 0. The van der Waals surface area contributed by atoms with E-state index < -0.39 is 5.63 Å². The number of carbonyl (C=O) groups is 1. The molecule has 9 heteroatoms. The average Bonchev–Trinajstić information content (AvgIpc) is 3.31. The first kappa shape index (κ1) is 21.8. The highest BCUT2D eigenvalue weighted by molar-refractivity contribution is 8.00. The number of hydrogen-bond acceptors (Lipinski definition) is 8. The smallest absolute Gasteiger partial charge is 0.345 e. The number of carbonyl (C=O) groups excluding carboxylic acids is 1. The Hall–Kier alpha value is -3.69. The van der Waals surface area contributed by atoms with Crippen LogP contribution in [-0.2, 0) is 5.75 Å². The monoisotopic (exact) mass is 498 g/mol. The van der Waals surface area contributed by atoms with Gasteiger partial charge >= 0.3 is 5.63 Å². The minimum Gasteiger partial charge on any atom is -0.422 e. The Morgan fingerprint density at radius 3 is 2.69 bits per heavy atom. The van der Waals surface area contributed by atoms with Crippen molar-refractivity contribution in [1.82, 2.24) is 14.9 Å². The van der Waals surface area contributed by atoms with Gasteiger partial charge in [-0.1, -0.05) is 78.5 Å². The summed E-state index contributed by atoms with van der Waals surface area (Å²) in [4.78, 5) is 25.3. The van der Waals surface area contributed by atoms with Gasteiger partial charge in [0.2, 0.25) is 5.16 Å². The van der Waals surface area contributed by atoms with Gasteiger partial charge in [-0.2, -0.15) is 9.78 Å². The van der Waals surface area contributed by atoms with Crippen molar-refractivity contribution < 1.29 is 9.21 Å². The van der Waals surface area contributed by atoms with Crippen LogP contribution in [0.1, 0.15) is 21.7 Å². The fourth-order valence-corrected chi connectivity index (χ4v) is 5.65. The van der Waals surface area contributed by atoms with Crippen molar-refractivity contribution in [2.45, 2.75) is 10.9 Å². The third kappa shape index (κ3) is 4.17. The van der Waals surface area contributed by atoms with E-state index in [1.54, 1.807) is 4.68 Å². The van der Waals surface area contributed by atoms with Crippen molar-refractivity contribution in [2.75, 3.05) is 11.5 Å². The van der Waals surface area contributed by atoms with Crippen LogP contribution in [0.5, 0.6) is 0 Å². The quantitative estimate of drug-likeness (QED) is 0.185. The highest BCUT2D eigenvalue weighted by atomic mass is 32.2. The van der Waals surface area contributed by atoms with Crippen molar-refractivity contribution in [1.29, 1.82) is 0 Å². The molecule has 0 saturated carbocycles. The fourth-order valence-electron chi connectivity index (χ4n) is 3.98. The van der Waals surface area contributed by atoms with E-state index in [1.807, 2.05) is 72.8 Å². The topological polar surface area (TPSA) is 90.3 Å². The van der Waals surface area contributed by atoms with Crippen molar-refractivity contribution in [2.24, 2.45) is 5.10 Å². The normalized spacial score (nSPS) is 13.1. The Morgan fingerprint density at radius 2 is 1.80 bits per heavy atom. The third-order valence-electron chi connectivity index (χ3n) is 5.73. The summed E-state index contributed by atoms with van der Waals surface area (Å²) >= 11 is 2.93. The molecule has 172 valence electrons. The summed E-state index contributed by atoms with van der Waals surface area (Å²) in [6, 6.07) is 22.9. The number of nitrogens with zero attached hydrogens (tertiary/aromatic N) is 4. The molecule has 0 unspecified atom stereocenters. The van der Waals surface area contributed by atoms with E-state index in [0.717, 1.165) is 16.2 Å². The van der Waals surface area contributed by atoms with Crippen LogP contribution in [0.25, 0.3) is 21.7 Å². The first-order chi connectivity index (χ1) is 17.2. The zero-order chi connectivity index (χ0) is 23.8.